The van der Waals surface area contributed by atoms with E-state index >= 15 is 0 Å². The number of ketones is 1. The lowest BCUT2D eigenvalue weighted by Crippen LogP contribution is -2.64. The molecule has 0 saturated heterocycles. The molecular formula is C38H55FO3. The molecule has 8 atom stereocenters. The van der Waals surface area contributed by atoms with Gasteiger partial charge in [0.15, 0.2) is 5.78 Å². The van der Waals surface area contributed by atoms with Gasteiger partial charge in [-0.15, -0.1) is 0 Å². The summed E-state index contributed by atoms with van der Waals surface area (Å²) < 4.78 is 13.7. The summed E-state index contributed by atoms with van der Waals surface area (Å²) in [5.74, 6) is 0.697. The first-order valence-electron chi connectivity index (χ1n) is 17.0. The van der Waals surface area contributed by atoms with Crippen LogP contribution in [0, 0.1) is 56.2 Å². The molecule has 0 unspecified atom stereocenters. The summed E-state index contributed by atoms with van der Waals surface area (Å²) in [6.07, 6.45) is 14.9. The van der Waals surface area contributed by atoms with Crippen molar-refractivity contribution >= 4 is 11.8 Å². The smallest absolute Gasteiger partial charge is 0.314 e. The minimum absolute atomic E-state index is 0.0141. The van der Waals surface area contributed by atoms with Crippen molar-refractivity contribution in [2.24, 2.45) is 56.2 Å². The average molecular weight is 579 g/mol. The number of fused-ring (bicyclic) bond motifs is 7. The average Bonchev–Trinajstić information content (AvgIpc) is 3.23. The van der Waals surface area contributed by atoms with E-state index in [4.69, 9.17) is 0 Å². The van der Waals surface area contributed by atoms with E-state index < -0.39 is 11.4 Å². The minimum Gasteiger partial charge on any atom is -0.481 e. The van der Waals surface area contributed by atoms with Gasteiger partial charge in [-0.05, 0) is 137 Å². The Kier molecular flexibility index (Phi) is 6.78. The topological polar surface area (TPSA) is 54.4 Å². The predicted octanol–water partition coefficient (Wildman–Crippen LogP) is 9.67. The van der Waals surface area contributed by atoms with Gasteiger partial charge in [-0.25, -0.2) is 0 Å². The van der Waals surface area contributed by atoms with Crippen LogP contribution < -0.4 is 0 Å². The quantitative estimate of drug-likeness (QED) is 0.361. The second kappa shape index (κ2) is 9.40. The molecule has 0 heterocycles. The molecule has 3 nitrogen and oxygen atoms in total. The van der Waals surface area contributed by atoms with Crippen LogP contribution in [-0.2, 0) is 9.59 Å². The number of rotatable bonds is 4. The summed E-state index contributed by atoms with van der Waals surface area (Å²) in [7, 11) is 0. The van der Waals surface area contributed by atoms with Crippen molar-refractivity contribution in [2.75, 3.05) is 6.67 Å². The van der Waals surface area contributed by atoms with Gasteiger partial charge in [-0.1, -0.05) is 67.5 Å². The Hall–Kier alpha value is -1.71. The molecule has 0 spiro atoms. The van der Waals surface area contributed by atoms with Crippen LogP contribution in [0.4, 0.5) is 4.39 Å². The Morgan fingerprint density at radius 1 is 0.929 bits per heavy atom. The van der Waals surface area contributed by atoms with E-state index in [1.165, 1.54) is 24.0 Å². The zero-order valence-electron chi connectivity index (χ0n) is 27.6. The Labute approximate surface area is 253 Å². The molecular weight excluding hydrogens is 523 g/mol. The first-order valence-corrected chi connectivity index (χ1v) is 17.0. The van der Waals surface area contributed by atoms with Gasteiger partial charge >= 0.3 is 5.97 Å². The SMILES string of the molecule is CC(C)C1=C2[C@H]3CC[C@@H]4[C@@]5(C)CC=C(C6=CC[C@@](C)(CF)CC6)C(C)(C)[C@@H]5CC[C@@]4(C)[C@]3(C)CC[C@@]2(C(=O)O)CC1=O. The van der Waals surface area contributed by atoms with Crippen molar-refractivity contribution in [1.29, 1.82) is 0 Å². The van der Waals surface area contributed by atoms with Crippen molar-refractivity contribution in [3.63, 3.8) is 0 Å². The Bertz CT molecular complexity index is 1300. The molecule has 0 aromatic heterocycles. The van der Waals surface area contributed by atoms with Crippen molar-refractivity contribution in [2.45, 2.75) is 126 Å². The van der Waals surface area contributed by atoms with Crippen LogP contribution in [0.3, 0.4) is 0 Å². The number of aliphatic carboxylic acids is 1. The van der Waals surface area contributed by atoms with E-state index in [-0.39, 0.29) is 57.8 Å². The van der Waals surface area contributed by atoms with Crippen molar-refractivity contribution in [3.8, 4) is 0 Å². The molecule has 0 bridgehead atoms. The molecule has 0 aromatic carbocycles. The van der Waals surface area contributed by atoms with Gasteiger partial charge in [-0.3, -0.25) is 14.0 Å². The lowest BCUT2D eigenvalue weighted by molar-refractivity contribution is -0.201. The first kappa shape index (κ1) is 30.3. The molecule has 6 aliphatic carbocycles. The third-order valence-electron chi connectivity index (χ3n) is 14.9. The largest absolute Gasteiger partial charge is 0.481 e. The van der Waals surface area contributed by atoms with Crippen molar-refractivity contribution in [1.82, 2.24) is 0 Å². The number of hydrogen-bond acceptors (Lipinski definition) is 2. The second-order valence-corrected chi connectivity index (χ2v) is 17.5. The van der Waals surface area contributed by atoms with Gasteiger partial charge in [0.2, 0.25) is 0 Å². The zero-order chi connectivity index (χ0) is 30.7. The van der Waals surface area contributed by atoms with Gasteiger partial charge in [0.25, 0.3) is 0 Å². The van der Waals surface area contributed by atoms with E-state index in [0.29, 0.717) is 18.3 Å². The number of Topliss-reactive ketones (excluding diaryl/α,β-unsaturated/α-hetero) is 1. The molecule has 232 valence electrons. The molecule has 0 radical (unpaired) electrons. The summed E-state index contributed by atoms with van der Waals surface area (Å²) in [5.41, 5.74) is 4.02. The van der Waals surface area contributed by atoms with Crippen LogP contribution in [0.5, 0.6) is 0 Å². The third kappa shape index (κ3) is 3.74. The number of hydrogen-bond donors (Lipinski definition) is 1. The normalized spacial score (nSPS) is 46.3. The van der Waals surface area contributed by atoms with Crippen molar-refractivity contribution in [3.05, 3.63) is 34.4 Å². The molecule has 6 rings (SSSR count). The van der Waals surface area contributed by atoms with Crippen LogP contribution in [0.1, 0.15) is 126 Å². The molecule has 4 heteroatoms. The number of carboxylic acids is 1. The van der Waals surface area contributed by atoms with Gasteiger partial charge in [0, 0.05) is 6.42 Å². The fourth-order valence-corrected chi connectivity index (χ4v) is 12.4. The summed E-state index contributed by atoms with van der Waals surface area (Å²) in [5, 5.41) is 10.6. The molecule has 0 aromatic rings. The first-order chi connectivity index (χ1) is 19.5. The Balaban J connectivity index is 1.38. The summed E-state index contributed by atoms with van der Waals surface area (Å²) in [6.45, 7) is 18.6. The maximum atomic E-state index is 13.7. The highest BCUT2D eigenvalue weighted by molar-refractivity contribution is 6.05. The third-order valence-corrected chi connectivity index (χ3v) is 14.9. The van der Waals surface area contributed by atoms with Crippen molar-refractivity contribution < 1.29 is 19.1 Å². The summed E-state index contributed by atoms with van der Waals surface area (Å²) >= 11 is 0. The van der Waals surface area contributed by atoms with E-state index in [2.05, 4.69) is 67.5 Å². The molecule has 6 aliphatic rings. The van der Waals surface area contributed by atoms with E-state index in [1.807, 2.05) is 0 Å². The molecule has 3 fully saturated rings. The monoisotopic (exact) mass is 578 g/mol. The molecule has 3 saturated carbocycles. The second-order valence-electron chi connectivity index (χ2n) is 17.5. The summed E-state index contributed by atoms with van der Waals surface area (Å²) in [4.78, 5) is 26.3. The lowest BCUT2D eigenvalue weighted by atomic mass is 9.33. The van der Waals surface area contributed by atoms with Crippen LogP contribution in [-0.4, -0.2) is 23.5 Å². The van der Waals surface area contributed by atoms with Gasteiger partial charge in [0.05, 0.1) is 12.1 Å². The van der Waals surface area contributed by atoms with Crippen LogP contribution in [0.15, 0.2) is 34.4 Å². The highest BCUT2D eigenvalue weighted by atomic mass is 19.1. The fourth-order valence-electron chi connectivity index (χ4n) is 12.4. The zero-order valence-corrected chi connectivity index (χ0v) is 27.6. The number of alkyl halides is 1. The van der Waals surface area contributed by atoms with Gasteiger partial charge in [-0.2, -0.15) is 0 Å². The maximum Gasteiger partial charge on any atom is 0.314 e. The molecule has 1 N–H and O–H groups in total. The van der Waals surface area contributed by atoms with Crippen LogP contribution >= 0.6 is 0 Å². The molecule has 42 heavy (non-hydrogen) atoms. The van der Waals surface area contributed by atoms with E-state index in [0.717, 1.165) is 56.1 Å². The highest BCUT2D eigenvalue weighted by Crippen LogP contribution is 2.76. The molecule has 0 amide bonds. The van der Waals surface area contributed by atoms with Crippen LogP contribution in [0.2, 0.25) is 0 Å². The van der Waals surface area contributed by atoms with Gasteiger partial charge in [0.1, 0.15) is 0 Å². The number of carbonyl (C=O) groups is 2. The lowest BCUT2D eigenvalue weighted by Gasteiger charge is -2.71. The number of carboxylic acid groups (broad SMARTS) is 1. The Morgan fingerprint density at radius 3 is 2.24 bits per heavy atom. The highest BCUT2D eigenvalue weighted by Gasteiger charge is 2.70. The standard InChI is InChI=1S/C38H55FO3/c1-23(2)30-27(40)21-38(32(41)42)20-19-36(7)26(31(30)38)9-10-29-35(6)17-13-25(24-11-15-34(5,22-39)16-12-24)33(3,4)28(35)14-18-37(29,36)8/h11,13,23,26,28-29H,9-10,12,14-22H2,1-8H3,(H,41,42)/t26-,28+,29-,34-,35+,36-,37-,38-/m1/s1. The van der Waals surface area contributed by atoms with E-state index in [9.17, 15) is 19.1 Å². The Morgan fingerprint density at radius 2 is 1.64 bits per heavy atom. The molecule has 0 aliphatic heterocycles. The van der Waals surface area contributed by atoms with E-state index in [1.54, 1.807) is 0 Å². The maximum absolute atomic E-state index is 13.7. The number of carbonyl (C=O) groups excluding carboxylic acids is 1. The fraction of sp³-hybridized carbons (Fsp3) is 0.789. The number of halogens is 1. The number of allylic oxidation sites excluding steroid dienone is 5. The minimum atomic E-state index is -0.985. The summed E-state index contributed by atoms with van der Waals surface area (Å²) in [6, 6.07) is 0. The predicted molar refractivity (Wildman–Crippen MR) is 167 cm³/mol. The van der Waals surface area contributed by atoms with Gasteiger partial charge < -0.3 is 5.11 Å². The van der Waals surface area contributed by atoms with Crippen LogP contribution in [0.25, 0.3) is 0 Å².